The minimum Gasteiger partial charge on any atom is -0.314 e. The van der Waals surface area contributed by atoms with Gasteiger partial charge >= 0.3 is 0 Å². The molecule has 1 heteroatoms. The summed E-state index contributed by atoms with van der Waals surface area (Å²) in [5, 5.41) is 3.55. The van der Waals surface area contributed by atoms with Crippen LogP contribution in [0.15, 0.2) is 30.3 Å². The molecule has 0 aromatic heterocycles. The van der Waals surface area contributed by atoms with Crippen LogP contribution in [0.5, 0.6) is 0 Å². The third kappa shape index (κ3) is 5.58. The van der Waals surface area contributed by atoms with Crippen molar-refractivity contribution in [3.05, 3.63) is 35.9 Å². The molecule has 0 radical (unpaired) electrons. The molecule has 0 aliphatic carbocycles. The van der Waals surface area contributed by atoms with Crippen LogP contribution in [-0.2, 0) is 6.42 Å². The molecule has 84 valence electrons. The molecule has 0 fully saturated rings. The number of aryl methyl sites for hydroxylation is 1. The van der Waals surface area contributed by atoms with Gasteiger partial charge in [-0.2, -0.15) is 0 Å². The van der Waals surface area contributed by atoms with Gasteiger partial charge in [0.1, 0.15) is 0 Å². The Balaban J connectivity index is 2.07. The van der Waals surface area contributed by atoms with E-state index in [4.69, 9.17) is 0 Å². The van der Waals surface area contributed by atoms with Crippen molar-refractivity contribution in [2.75, 3.05) is 6.54 Å². The van der Waals surface area contributed by atoms with E-state index in [1.54, 1.807) is 0 Å². The standard InChI is InChI=1S/C14H23N/c1-3-8-13(2)15-12-7-11-14-9-5-4-6-10-14/h4-6,9-10,13,15H,3,7-8,11-12H2,1-2H3. The van der Waals surface area contributed by atoms with Gasteiger partial charge in [0.2, 0.25) is 0 Å². The first-order valence-corrected chi connectivity index (χ1v) is 6.10. The summed E-state index contributed by atoms with van der Waals surface area (Å²) in [6.45, 7) is 5.64. The molecular formula is C14H23N. The van der Waals surface area contributed by atoms with Gasteiger partial charge in [-0.05, 0) is 38.3 Å². The van der Waals surface area contributed by atoms with Crippen molar-refractivity contribution in [2.45, 2.75) is 45.6 Å². The molecule has 0 aliphatic heterocycles. The maximum absolute atomic E-state index is 3.55. The number of rotatable bonds is 7. The molecule has 1 nitrogen and oxygen atoms in total. The minimum absolute atomic E-state index is 0.672. The van der Waals surface area contributed by atoms with Crippen molar-refractivity contribution in [3.8, 4) is 0 Å². The number of benzene rings is 1. The summed E-state index contributed by atoms with van der Waals surface area (Å²) in [6, 6.07) is 11.4. The quantitative estimate of drug-likeness (QED) is 0.673. The van der Waals surface area contributed by atoms with E-state index < -0.39 is 0 Å². The maximum Gasteiger partial charge on any atom is 0.00386 e. The summed E-state index contributed by atoms with van der Waals surface area (Å²) in [5.74, 6) is 0. The summed E-state index contributed by atoms with van der Waals surface area (Å²) in [7, 11) is 0. The smallest absolute Gasteiger partial charge is 0.00386 e. The minimum atomic E-state index is 0.672. The summed E-state index contributed by atoms with van der Waals surface area (Å²) in [6.07, 6.45) is 4.98. The zero-order chi connectivity index (χ0) is 10.9. The molecule has 15 heavy (non-hydrogen) atoms. The second kappa shape index (κ2) is 7.47. The first-order chi connectivity index (χ1) is 7.33. The van der Waals surface area contributed by atoms with E-state index in [0.29, 0.717) is 6.04 Å². The third-order valence-corrected chi connectivity index (χ3v) is 2.70. The van der Waals surface area contributed by atoms with Gasteiger partial charge in [0.15, 0.2) is 0 Å². The van der Waals surface area contributed by atoms with Crippen LogP contribution in [0.3, 0.4) is 0 Å². The van der Waals surface area contributed by atoms with Crippen molar-refractivity contribution in [1.82, 2.24) is 5.32 Å². The predicted molar refractivity (Wildman–Crippen MR) is 67.1 cm³/mol. The van der Waals surface area contributed by atoms with Gasteiger partial charge in [0.05, 0.1) is 0 Å². The Labute approximate surface area is 93.9 Å². The lowest BCUT2D eigenvalue weighted by Crippen LogP contribution is -2.26. The molecule has 0 spiro atoms. The maximum atomic E-state index is 3.55. The first kappa shape index (κ1) is 12.3. The van der Waals surface area contributed by atoms with Crippen LogP contribution < -0.4 is 5.32 Å². The fraction of sp³-hybridized carbons (Fsp3) is 0.571. The van der Waals surface area contributed by atoms with E-state index in [0.717, 1.165) is 6.54 Å². The first-order valence-electron chi connectivity index (χ1n) is 6.10. The highest BCUT2D eigenvalue weighted by Gasteiger charge is 1.98. The molecule has 0 saturated carbocycles. The molecular weight excluding hydrogens is 182 g/mol. The molecule has 1 unspecified atom stereocenters. The second-order valence-electron chi connectivity index (χ2n) is 4.23. The van der Waals surface area contributed by atoms with E-state index in [-0.39, 0.29) is 0 Å². The van der Waals surface area contributed by atoms with Gasteiger partial charge < -0.3 is 5.32 Å². The zero-order valence-corrected chi connectivity index (χ0v) is 10.00. The molecule has 0 heterocycles. The summed E-state index contributed by atoms with van der Waals surface area (Å²) < 4.78 is 0. The Morgan fingerprint density at radius 2 is 1.93 bits per heavy atom. The van der Waals surface area contributed by atoms with Crippen molar-refractivity contribution in [3.63, 3.8) is 0 Å². The summed E-state index contributed by atoms with van der Waals surface area (Å²) in [4.78, 5) is 0. The average Bonchev–Trinajstić information content (AvgIpc) is 2.26. The van der Waals surface area contributed by atoms with E-state index >= 15 is 0 Å². The highest BCUT2D eigenvalue weighted by Crippen LogP contribution is 2.02. The Morgan fingerprint density at radius 1 is 1.20 bits per heavy atom. The molecule has 1 atom stereocenters. The van der Waals surface area contributed by atoms with Crippen LogP contribution in [0.1, 0.15) is 38.7 Å². The summed E-state index contributed by atoms with van der Waals surface area (Å²) >= 11 is 0. The van der Waals surface area contributed by atoms with Gasteiger partial charge in [-0.3, -0.25) is 0 Å². The van der Waals surface area contributed by atoms with Crippen LogP contribution >= 0.6 is 0 Å². The van der Waals surface area contributed by atoms with E-state index in [9.17, 15) is 0 Å². The molecule has 1 aromatic carbocycles. The topological polar surface area (TPSA) is 12.0 Å². The fourth-order valence-electron chi connectivity index (χ4n) is 1.82. The van der Waals surface area contributed by atoms with Gasteiger partial charge in [-0.1, -0.05) is 43.7 Å². The van der Waals surface area contributed by atoms with Crippen LogP contribution in [-0.4, -0.2) is 12.6 Å². The predicted octanol–water partition coefficient (Wildman–Crippen LogP) is 3.40. The lowest BCUT2D eigenvalue weighted by atomic mass is 10.1. The van der Waals surface area contributed by atoms with Gasteiger partial charge in [0, 0.05) is 6.04 Å². The van der Waals surface area contributed by atoms with E-state index in [1.165, 1.54) is 31.2 Å². The zero-order valence-electron chi connectivity index (χ0n) is 10.00. The SMILES string of the molecule is CCCC(C)NCCCc1ccccc1. The Hall–Kier alpha value is -0.820. The van der Waals surface area contributed by atoms with Crippen LogP contribution in [0, 0.1) is 0 Å². The van der Waals surface area contributed by atoms with Crippen molar-refractivity contribution < 1.29 is 0 Å². The molecule has 0 saturated heterocycles. The Kier molecular flexibility index (Phi) is 6.10. The Bertz CT molecular complexity index is 243. The number of hydrogen-bond acceptors (Lipinski definition) is 1. The van der Waals surface area contributed by atoms with Crippen molar-refractivity contribution >= 4 is 0 Å². The largest absolute Gasteiger partial charge is 0.314 e. The number of hydrogen-bond donors (Lipinski definition) is 1. The van der Waals surface area contributed by atoms with E-state index in [2.05, 4.69) is 49.5 Å². The molecule has 1 aromatic rings. The van der Waals surface area contributed by atoms with Crippen LogP contribution in [0.4, 0.5) is 0 Å². The van der Waals surface area contributed by atoms with Crippen molar-refractivity contribution in [2.24, 2.45) is 0 Å². The van der Waals surface area contributed by atoms with Gasteiger partial charge in [0.25, 0.3) is 0 Å². The van der Waals surface area contributed by atoms with Gasteiger partial charge in [-0.15, -0.1) is 0 Å². The second-order valence-corrected chi connectivity index (χ2v) is 4.23. The monoisotopic (exact) mass is 205 g/mol. The third-order valence-electron chi connectivity index (χ3n) is 2.70. The fourth-order valence-corrected chi connectivity index (χ4v) is 1.82. The number of nitrogens with one attached hydrogen (secondary N) is 1. The molecule has 1 N–H and O–H groups in total. The lowest BCUT2D eigenvalue weighted by molar-refractivity contribution is 0.501. The van der Waals surface area contributed by atoms with Crippen LogP contribution in [0.2, 0.25) is 0 Å². The molecule has 0 aliphatic rings. The highest BCUT2D eigenvalue weighted by atomic mass is 14.9. The molecule has 1 rings (SSSR count). The normalized spacial score (nSPS) is 12.7. The molecule has 0 bridgehead atoms. The average molecular weight is 205 g/mol. The summed E-state index contributed by atoms with van der Waals surface area (Å²) in [5.41, 5.74) is 1.45. The van der Waals surface area contributed by atoms with Gasteiger partial charge in [-0.25, -0.2) is 0 Å². The highest BCUT2D eigenvalue weighted by molar-refractivity contribution is 5.14. The lowest BCUT2D eigenvalue weighted by Gasteiger charge is -2.12. The van der Waals surface area contributed by atoms with Crippen molar-refractivity contribution in [1.29, 1.82) is 0 Å². The van der Waals surface area contributed by atoms with E-state index in [1.807, 2.05) is 0 Å². The van der Waals surface area contributed by atoms with Crippen LogP contribution in [0.25, 0.3) is 0 Å². The molecule has 0 amide bonds. The Morgan fingerprint density at radius 3 is 2.60 bits per heavy atom.